The standard InChI is InChI=1S/C20H23N3O5S/c1-29(25,26)23-10-3-2-6-16(23)20(24)22-19-7-4-5-15(21-19)14-8-9-17-18(13-14)28-12-11-27-17/h4-5,7-9,13,16H,2-3,6,10-12H2,1H3,(H,21,22,24)/t16-/m0/s1. The summed E-state index contributed by atoms with van der Waals surface area (Å²) in [5.41, 5.74) is 1.50. The Kier molecular flexibility index (Phi) is 5.42. The fraction of sp³-hybridized carbons (Fsp3) is 0.400. The number of nitrogens with one attached hydrogen (secondary N) is 1. The van der Waals surface area contributed by atoms with Crippen LogP contribution in [-0.4, -0.2) is 55.7 Å². The highest BCUT2D eigenvalue weighted by molar-refractivity contribution is 7.88. The number of piperidine rings is 1. The van der Waals surface area contributed by atoms with E-state index in [0.29, 0.717) is 49.2 Å². The highest BCUT2D eigenvalue weighted by atomic mass is 32.2. The summed E-state index contributed by atoms with van der Waals surface area (Å²) in [6.45, 7) is 1.39. The van der Waals surface area contributed by atoms with Crippen molar-refractivity contribution in [2.75, 3.05) is 31.3 Å². The van der Waals surface area contributed by atoms with E-state index in [9.17, 15) is 13.2 Å². The van der Waals surface area contributed by atoms with Gasteiger partial charge in [-0.1, -0.05) is 12.5 Å². The molecule has 1 aromatic heterocycles. The molecule has 1 atom stereocenters. The lowest BCUT2D eigenvalue weighted by atomic mass is 10.0. The van der Waals surface area contributed by atoms with Crippen molar-refractivity contribution < 1.29 is 22.7 Å². The molecule has 2 aliphatic rings. The van der Waals surface area contributed by atoms with Gasteiger partial charge in [0.2, 0.25) is 15.9 Å². The van der Waals surface area contributed by atoms with E-state index in [1.165, 1.54) is 4.31 Å². The van der Waals surface area contributed by atoms with Gasteiger partial charge in [-0.05, 0) is 43.2 Å². The summed E-state index contributed by atoms with van der Waals surface area (Å²) >= 11 is 0. The predicted octanol–water partition coefficient (Wildman–Crippen LogP) is 2.27. The summed E-state index contributed by atoms with van der Waals surface area (Å²) in [4.78, 5) is 17.3. The van der Waals surface area contributed by atoms with Gasteiger partial charge in [0.15, 0.2) is 11.5 Å². The van der Waals surface area contributed by atoms with E-state index >= 15 is 0 Å². The molecule has 1 amide bonds. The Labute approximate surface area is 169 Å². The molecular weight excluding hydrogens is 394 g/mol. The normalized spacial score (nSPS) is 19.6. The van der Waals surface area contributed by atoms with Gasteiger partial charge in [-0.25, -0.2) is 13.4 Å². The maximum Gasteiger partial charge on any atom is 0.243 e. The zero-order valence-electron chi connectivity index (χ0n) is 16.1. The molecule has 2 aromatic rings. The lowest BCUT2D eigenvalue weighted by molar-refractivity contribution is -0.120. The van der Waals surface area contributed by atoms with Gasteiger partial charge in [0.25, 0.3) is 0 Å². The number of amides is 1. The number of rotatable bonds is 4. The van der Waals surface area contributed by atoms with Crippen LogP contribution in [0.1, 0.15) is 19.3 Å². The van der Waals surface area contributed by atoms with Crippen LogP contribution >= 0.6 is 0 Å². The number of ether oxygens (including phenoxy) is 2. The molecule has 2 aliphatic heterocycles. The summed E-state index contributed by atoms with van der Waals surface area (Å²) in [5.74, 6) is 1.38. The molecule has 1 fully saturated rings. The van der Waals surface area contributed by atoms with Gasteiger partial charge in [0.1, 0.15) is 25.1 Å². The highest BCUT2D eigenvalue weighted by Gasteiger charge is 2.34. The van der Waals surface area contributed by atoms with Crippen LogP contribution in [0.25, 0.3) is 11.3 Å². The van der Waals surface area contributed by atoms with Crippen LogP contribution in [0.15, 0.2) is 36.4 Å². The molecule has 0 bridgehead atoms. The van der Waals surface area contributed by atoms with E-state index in [-0.39, 0.29) is 5.91 Å². The van der Waals surface area contributed by atoms with Crippen molar-refractivity contribution >= 4 is 21.7 Å². The summed E-state index contributed by atoms with van der Waals surface area (Å²) in [6, 6.07) is 10.2. The molecule has 4 rings (SSSR count). The molecular formula is C20H23N3O5S. The number of benzene rings is 1. The summed E-state index contributed by atoms with van der Waals surface area (Å²) in [6.07, 6.45) is 3.21. The summed E-state index contributed by atoms with van der Waals surface area (Å²) in [5, 5.41) is 2.77. The second kappa shape index (κ2) is 8.00. The number of carbonyl (C=O) groups is 1. The zero-order valence-corrected chi connectivity index (χ0v) is 16.9. The molecule has 1 N–H and O–H groups in total. The molecule has 154 valence electrons. The quantitative estimate of drug-likeness (QED) is 0.820. The Morgan fingerprint density at radius 2 is 1.93 bits per heavy atom. The average Bonchev–Trinajstić information content (AvgIpc) is 2.73. The van der Waals surface area contributed by atoms with Crippen molar-refractivity contribution in [2.24, 2.45) is 0 Å². The third-order valence-corrected chi connectivity index (χ3v) is 6.31. The molecule has 1 saturated heterocycles. The fourth-order valence-electron chi connectivity index (χ4n) is 3.64. The number of nitrogens with zero attached hydrogens (tertiary/aromatic N) is 2. The average molecular weight is 417 g/mol. The first-order valence-corrected chi connectivity index (χ1v) is 11.4. The first-order valence-electron chi connectivity index (χ1n) is 9.56. The van der Waals surface area contributed by atoms with E-state index in [0.717, 1.165) is 24.7 Å². The van der Waals surface area contributed by atoms with Crippen LogP contribution in [0.2, 0.25) is 0 Å². The topological polar surface area (TPSA) is 97.8 Å². The minimum atomic E-state index is -3.45. The number of hydrogen-bond donors (Lipinski definition) is 1. The fourth-order valence-corrected chi connectivity index (χ4v) is 4.77. The molecule has 0 saturated carbocycles. The molecule has 9 heteroatoms. The maximum atomic E-state index is 12.8. The zero-order chi connectivity index (χ0) is 20.4. The predicted molar refractivity (Wildman–Crippen MR) is 108 cm³/mol. The molecule has 0 aliphatic carbocycles. The number of anilines is 1. The number of pyridine rings is 1. The second-order valence-corrected chi connectivity index (χ2v) is 9.08. The molecule has 3 heterocycles. The van der Waals surface area contributed by atoms with Gasteiger partial charge >= 0.3 is 0 Å². The van der Waals surface area contributed by atoms with Crippen molar-refractivity contribution in [3.05, 3.63) is 36.4 Å². The summed E-state index contributed by atoms with van der Waals surface area (Å²) < 4.78 is 36.5. The second-order valence-electron chi connectivity index (χ2n) is 7.14. The van der Waals surface area contributed by atoms with Gasteiger partial charge in [0.05, 0.1) is 11.9 Å². The largest absolute Gasteiger partial charge is 0.486 e. The number of hydrogen-bond acceptors (Lipinski definition) is 6. The van der Waals surface area contributed by atoms with E-state index in [1.807, 2.05) is 24.3 Å². The van der Waals surface area contributed by atoms with Crippen molar-refractivity contribution in [3.8, 4) is 22.8 Å². The first-order chi connectivity index (χ1) is 13.9. The molecule has 0 spiro atoms. The van der Waals surface area contributed by atoms with E-state index in [2.05, 4.69) is 10.3 Å². The van der Waals surface area contributed by atoms with Gasteiger partial charge in [-0.2, -0.15) is 4.31 Å². The molecule has 29 heavy (non-hydrogen) atoms. The third-order valence-electron chi connectivity index (χ3n) is 5.02. The van der Waals surface area contributed by atoms with E-state index < -0.39 is 16.1 Å². The van der Waals surface area contributed by atoms with Crippen molar-refractivity contribution in [1.82, 2.24) is 9.29 Å². The smallest absolute Gasteiger partial charge is 0.243 e. The number of fused-ring (bicyclic) bond motifs is 1. The van der Waals surface area contributed by atoms with Crippen LogP contribution in [0.3, 0.4) is 0 Å². The lowest BCUT2D eigenvalue weighted by Gasteiger charge is -2.32. The van der Waals surface area contributed by atoms with Gasteiger partial charge < -0.3 is 14.8 Å². The Bertz CT molecular complexity index is 1020. The lowest BCUT2D eigenvalue weighted by Crippen LogP contribution is -2.49. The van der Waals surface area contributed by atoms with E-state index in [4.69, 9.17) is 9.47 Å². The van der Waals surface area contributed by atoms with Crippen molar-refractivity contribution in [2.45, 2.75) is 25.3 Å². The maximum absolute atomic E-state index is 12.8. The Morgan fingerprint density at radius 1 is 1.14 bits per heavy atom. The number of sulfonamides is 1. The van der Waals surface area contributed by atoms with Crippen LogP contribution in [0, 0.1) is 0 Å². The molecule has 8 nitrogen and oxygen atoms in total. The van der Waals surface area contributed by atoms with Gasteiger partial charge in [-0.3, -0.25) is 4.79 Å². The van der Waals surface area contributed by atoms with Gasteiger partial charge in [0, 0.05) is 12.1 Å². The minimum absolute atomic E-state index is 0.359. The van der Waals surface area contributed by atoms with Crippen LogP contribution in [-0.2, 0) is 14.8 Å². The Balaban J connectivity index is 1.54. The van der Waals surface area contributed by atoms with Crippen molar-refractivity contribution in [3.63, 3.8) is 0 Å². The third kappa shape index (κ3) is 4.35. The van der Waals surface area contributed by atoms with Crippen LogP contribution < -0.4 is 14.8 Å². The highest BCUT2D eigenvalue weighted by Crippen LogP contribution is 2.34. The van der Waals surface area contributed by atoms with Crippen LogP contribution in [0.5, 0.6) is 11.5 Å². The SMILES string of the molecule is CS(=O)(=O)N1CCCC[C@H]1C(=O)Nc1cccc(-c2ccc3c(c2)OCCO3)n1. The number of aromatic nitrogens is 1. The van der Waals surface area contributed by atoms with Crippen LogP contribution in [0.4, 0.5) is 5.82 Å². The molecule has 0 unspecified atom stereocenters. The Hall–Kier alpha value is -2.65. The molecule has 0 radical (unpaired) electrons. The summed E-state index contributed by atoms with van der Waals surface area (Å²) in [7, 11) is -3.45. The van der Waals surface area contributed by atoms with Crippen molar-refractivity contribution in [1.29, 1.82) is 0 Å². The Morgan fingerprint density at radius 3 is 2.72 bits per heavy atom. The molecule has 1 aromatic carbocycles. The number of carbonyl (C=O) groups excluding carboxylic acids is 1. The first kappa shape index (κ1) is 19.7. The van der Waals surface area contributed by atoms with E-state index in [1.54, 1.807) is 12.1 Å². The monoisotopic (exact) mass is 417 g/mol. The van der Waals surface area contributed by atoms with Gasteiger partial charge in [-0.15, -0.1) is 0 Å². The minimum Gasteiger partial charge on any atom is -0.486 e.